The smallest absolute Gasteiger partial charge is 0.0280 e. The van der Waals surface area contributed by atoms with Crippen molar-refractivity contribution in [2.45, 2.75) is 6.42 Å². The highest BCUT2D eigenvalue weighted by atomic mass is 16.5. The average Bonchev–Trinajstić information content (AvgIpc) is 1.80. The summed E-state index contributed by atoms with van der Waals surface area (Å²) in [6, 6.07) is 0. The molecule has 0 heterocycles. The van der Waals surface area contributed by atoms with Crippen molar-refractivity contribution >= 4 is 6.21 Å². The summed E-state index contributed by atoms with van der Waals surface area (Å²) in [6.45, 7) is 0.950. The lowest BCUT2D eigenvalue weighted by Crippen LogP contribution is -2.13. The molecule has 2 N–H and O–H groups in total. The highest BCUT2D eigenvalue weighted by Gasteiger charge is 1.83. The van der Waals surface area contributed by atoms with Crippen LogP contribution in [0.25, 0.3) is 0 Å². The highest BCUT2D eigenvalue weighted by molar-refractivity contribution is 5.56. The van der Waals surface area contributed by atoms with Gasteiger partial charge >= 0.3 is 0 Å². The summed E-state index contributed by atoms with van der Waals surface area (Å²) in [5.74, 6) is 0. The molecule has 0 unspecified atom stereocenters. The predicted octanol–water partition coefficient (Wildman–Crippen LogP) is -0.0973. The number of hydrazone groups is 1. The molecule has 0 saturated carbocycles. The van der Waals surface area contributed by atoms with Crippen LogP contribution in [0.1, 0.15) is 6.42 Å². The molecule has 0 aliphatic rings. The molecule has 0 spiro atoms. The van der Waals surface area contributed by atoms with E-state index >= 15 is 0 Å². The Hall–Kier alpha value is -0.610. The van der Waals surface area contributed by atoms with Gasteiger partial charge in [0.1, 0.15) is 0 Å². The second-order valence-corrected chi connectivity index (χ2v) is 2.00. The molecule has 0 aromatic carbocycles. The van der Waals surface area contributed by atoms with Crippen molar-refractivity contribution in [3.63, 3.8) is 0 Å². The molecule has 0 radical (unpaired) electrons. The van der Waals surface area contributed by atoms with Gasteiger partial charge in [-0.1, -0.05) is 0 Å². The molecule has 0 atom stereocenters. The zero-order chi connectivity index (χ0) is 7.11. The first-order chi connectivity index (χ1) is 4.27. The number of nitrogens with zero attached hydrogens (tertiary/aromatic N) is 2. The summed E-state index contributed by atoms with van der Waals surface area (Å²) in [5, 5.41) is 11.4. The fourth-order valence-corrected chi connectivity index (χ4v) is 0.421. The van der Waals surface area contributed by atoms with Crippen LogP contribution in [0.5, 0.6) is 0 Å². The van der Waals surface area contributed by atoms with Crippen LogP contribution in [-0.2, 0) is 0 Å². The fraction of sp³-hybridized carbons (Fsp3) is 0.800. The molecule has 54 valence electrons. The monoisotopic (exact) mass is 131 g/mol. The molecule has 0 saturated heterocycles. The molecule has 0 aliphatic heterocycles. The summed E-state index contributed by atoms with van der Waals surface area (Å²) < 4.78 is 0. The summed E-state index contributed by atoms with van der Waals surface area (Å²) in [7, 11) is 3.97. The summed E-state index contributed by atoms with van der Waals surface area (Å²) in [4.78, 5) is 2.05. The highest BCUT2D eigenvalue weighted by Crippen LogP contribution is 1.76. The Bertz CT molecular complexity index is 82.3. The van der Waals surface area contributed by atoms with Crippen LogP contribution >= 0.6 is 0 Å². The average molecular weight is 131 g/mol. The van der Waals surface area contributed by atoms with E-state index in [4.69, 9.17) is 5.21 Å². The van der Waals surface area contributed by atoms with Crippen molar-refractivity contribution in [2.75, 3.05) is 20.6 Å². The van der Waals surface area contributed by atoms with Crippen LogP contribution in [0, 0.1) is 0 Å². The van der Waals surface area contributed by atoms with E-state index in [0.29, 0.717) is 0 Å². The maximum atomic E-state index is 7.97. The maximum Gasteiger partial charge on any atom is 0.0280 e. The molecule has 0 bridgehead atoms. The minimum atomic E-state index is 0.848. The largest absolute Gasteiger partial charge is 0.309 e. The Morgan fingerprint density at radius 3 is 2.78 bits per heavy atom. The Morgan fingerprint density at radius 1 is 1.67 bits per heavy atom. The van der Waals surface area contributed by atoms with Gasteiger partial charge in [0.05, 0.1) is 0 Å². The Balaban J connectivity index is 2.99. The zero-order valence-electron chi connectivity index (χ0n) is 5.83. The number of rotatable bonds is 4. The summed E-state index contributed by atoms with van der Waals surface area (Å²) in [6.07, 6.45) is 2.47. The molecular weight excluding hydrogens is 118 g/mol. The molecule has 0 aliphatic carbocycles. The summed E-state index contributed by atoms with van der Waals surface area (Å²) >= 11 is 0. The van der Waals surface area contributed by atoms with E-state index < -0.39 is 0 Å². The van der Waals surface area contributed by atoms with Crippen LogP contribution in [0.4, 0.5) is 0 Å². The van der Waals surface area contributed by atoms with Crippen LogP contribution in [0.2, 0.25) is 0 Å². The van der Waals surface area contributed by atoms with Crippen molar-refractivity contribution in [1.29, 1.82) is 0 Å². The van der Waals surface area contributed by atoms with Crippen LogP contribution < -0.4 is 5.59 Å². The Labute approximate surface area is 55.1 Å². The summed E-state index contributed by atoms with van der Waals surface area (Å²) in [5.41, 5.74) is 1.69. The molecule has 9 heavy (non-hydrogen) atoms. The second kappa shape index (κ2) is 5.53. The van der Waals surface area contributed by atoms with Crippen molar-refractivity contribution in [3.8, 4) is 0 Å². The maximum absolute atomic E-state index is 7.97. The van der Waals surface area contributed by atoms with Crippen molar-refractivity contribution in [2.24, 2.45) is 5.10 Å². The fourth-order valence-electron chi connectivity index (χ4n) is 0.421. The van der Waals surface area contributed by atoms with Gasteiger partial charge in [-0.05, 0) is 20.5 Å². The van der Waals surface area contributed by atoms with E-state index in [0.717, 1.165) is 13.0 Å². The topological polar surface area (TPSA) is 47.9 Å². The van der Waals surface area contributed by atoms with E-state index in [1.807, 2.05) is 19.0 Å². The third-order valence-electron chi connectivity index (χ3n) is 0.854. The minimum Gasteiger partial charge on any atom is -0.309 e. The van der Waals surface area contributed by atoms with Gasteiger partial charge in [-0.15, -0.1) is 0 Å². The van der Waals surface area contributed by atoms with Gasteiger partial charge in [0.15, 0.2) is 0 Å². The number of nitrogens with one attached hydrogen (secondary N) is 1. The van der Waals surface area contributed by atoms with E-state index in [2.05, 4.69) is 5.10 Å². The lowest BCUT2D eigenvalue weighted by Gasteiger charge is -2.04. The van der Waals surface area contributed by atoms with Gasteiger partial charge in [-0.3, -0.25) is 5.21 Å². The van der Waals surface area contributed by atoms with Gasteiger partial charge in [-0.2, -0.15) is 10.7 Å². The van der Waals surface area contributed by atoms with Crippen LogP contribution in [-0.4, -0.2) is 37.0 Å². The van der Waals surface area contributed by atoms with E-state index in [1.54, 1.807) is 11.8 Å². The van der Waals surface area contributed by atoms with Gasteiger partial charge < -0.3 is 4.90 Å². The van der Waals surface area contributed by atoms with Crippen molar-refractivity contribution in [1.82, 2.24) is 10.5 Å². The van der Waals surface area contributed by atoms with Gasteiger partial charge in [0.25, 0.3) is 0 Å². The Kier molecular flexibility index (Phi) is 5.15. The SMILES string of the molecule is CN(C)CCC=NNO. The molecule has 4 nitrogen and oxygen atoms in total. The standard InChI is InChI=1S/C5H13N3O/c1-8(2)5-3-4-6-7-9/h4,7,9H,3,5H2,1-2H3. The first kappa shape index (κ1) is 8.39. The first-order valence-corrected chi connectivity index (χ1v) is 2.82. The molecule has 0 aromatic rings. The Morgan fingerprint density at radius 2 is 2.33 bits per heavy atom. The van der Waals surface area contributed by atoms with Crippen molar-refractivity contribution < 1.29 is 5.21 Å². The van der Waals surface area contributed by atoms with E-state index in [9.17, 15) is 0 Å². The van der Waals surface area contributed by atoms with E-state index in [1.165, 1.54) is 0 Å². The molecule has 0 fully saturated rings. The molecular formula is C5H13N3O. The third kappa shape index (κ3) is 7.39. The molecule has 0 aromatic heterocycles. The predicted molar refractivity (Wildman–Crippen MR) is 36.6 cm³/mol. The van der Waals surface area contributed by atoms with Gasteiger partial charge in [-0.25, -0.2) is 0 Å². The normalized spacial score (nSPS) is 11.1. The second-order valence-electron chi connectivity index (χ2n) is 2.00. The zero-order valence-corrected chi connectivity index (χ0v) is 5.83. The quantitative estimate of drug-likeness (QED) is 0.414. The third-order valence-corrected chi connectivity index (χ3v) is 0.854. The van der Waals surface area contributed by atoms with Crippen LogP contribution in [0.15, 0.2) is 5.10 Å². The van der Waals surface area contributed by atoms with Crippen LogP contribution in [0.3, 0.4) is 0 Å². The number of hydrogen-bond acceptors (Lipinski definition) is 4. The molecule has 4 heteroatoms. The minimum absolute atomic E-state index is 0.848. The first-order valence-electron chi connectivity index (χ1n) is 2.82. The lowest BCUT2D eigenvalue weighted by atomic mass is 10.4. The van der Waals surface area contributed by atoms with Crippen molar-refractivity contribution in [3.05, 3.63) is 0 Å². The lowest BCUT2D eigenvalue weighted by molar-refractivity contribution is 0.172. The van der Waals surface area contributed by atoms with Gasteiger partial charge in [0, 0.05) is 12.8 Å². The number of hydrogen-bond donors (Lipinski definition) is 2. The van der Waals surface area contributed by atoms with Gasteiger partial charge in [0.2, 0.25) is 0 Å². The molecule has 0 rings (SSSR count). The van der Waals surface area contributed by atoms with E-state index in [-0.39, 0.29) is 0 Å². The molecule has 0 amide bonds.